The van der Waals surface area contributed by atoms with Crippen LogP contribution in [0.25, 0.3) is 22.7 Å². The minimum atomic E-state index is -0.448. The molecule has 0 spiro atoms. The Hall–Kier alpha value is -3.79. The number of aromatic amines is 1. The summed E-state index contributed by atoms with van der Waals surface area (Å²) in [7, 11) is 0. The summed E-state index contributed by atoms with van der Waals surface area (Å²) >= 11 is 0. The van der Waals surface area contributed by atoms with Crippen LogP contribution in [0.4, 0.5) is 0 Å². The number of nitrogens with zero attached hydrogens (tertiary/aromatic N) is 2. The maximum atomic E-state index is 11.6. The summed E-state index contributed by atoms with van der Waals surface area (Å²) in [5.41, 5.74) is 5.15. The molecule has 160 valence electrons. The summed E-state index contributed by atoms with van der Waals surface area (Å²) in [6.45, 7) is 8.18. The number of aromatic nitrogens is 2. The minimum Gasteiger partial charge on any atom is -0.490 e. The first-order valence-corrected chi connectivity index (χ1v) is 10.1. The lowest BCUT2D eigenvalue weighted by Gasteiger charge is -2.12. The van der Waals surface area contributed by atoms with Crippen molar-refractivity contribution >= 4 is 28.7 Å². The second kappa shape index (κ2) is 9.81. The fourth-order valence-electron chi connectivity index (χ4n) is 3.06. The first-order chi connectivity index (χ1) is 14.9. The third kappa shape index (κ3) is 5.23. The molecule has 3 aromatic rings. The van der Waals surface area contributed by atoms with Crippen molar-refractivity contribution < 1.29 is 19.0 Å². The van der Waals surface area contributed by atoms with E-state index in [9.17, 15) is 10.1 Å². The summed E-state index contributed by atoms with van der Waals surface area (Å²) in [5.74, 6) is 0.966. The Labute approximate surface area is 181 Å². The third-order valence-electron chi connectivity index (χ3n) is 4.70. The molecule has 1 heterocycles. The molecule has 0 atom stereocenters. The number of H-pyrrole nitrogens is 1. The Balaban J connectivity index is 1.90. The zero-order chi connectivity index (χ0) is 22.4. The standard InChI is InChI=1S/C24H25N3O4/c1-5-29-22-12-17(7-8-21(22)31-14-23(28)30-6-2)11-18(13-25)24-26-19-9-15(3)16(4)10-20(19)27-24/h7-12H,5-6,14H2,1-4H3,(H,26,27). The molecular formula is C24H25N3O4. The van der Waals surface area contributed by atoms with Gasteiger partial charge in [-0.25, -0.2) is 9.78 Å². The largest absolute Gasteiger partial charge is 0.490 e. The number of nitriles is 1. The van der Waals surface area contributed by atoms with Crippen LogP contribution in [0.2, 0.25) is 0 Å². The van der Waals surface area contributed by atoms with Crippen LogP contribution in [-0.2, 0) is 9.53 Å². The zero-order valence-corrected chi connectivity index (χ0v) is 18.1. The number of allylic oxidation sites excluding steroid dienone is 1. The van der Waals surface area contributed by atoms with Gasteiger partial charge in [-0.15, -0.1) is 0 Å². The van der Waals surface area contributed by atoms with E-state index in [0.29, 0.717) is 36.1 Å². The normalized spacial score (nSPS) is 11.3. The van der Waals surface area contributed by atoms with Gasteiger partial charge in [0.25, 0.3) is 0 Å². The van der Waals surface area contributed by atoms with Gasteiger partial charge in [0.2, 0.25) is 0 Å². The van der Waals surface area contributed by atoms with Gasteiger partial charge in [-0.1, -0.05) is 6.07 Å². The van der Waals surface area contributed by atoms with Crippen molar-refractivity contribution in [1.82, 2.24) is 9.97 Å². The molecule has 0 saturated carbocycles. The van der Waals surface area contributed by atoms with Crippen LogP contribution >= 0.6 is 0 Å². The lowest BCUT2D eigenvalue weighted by Crippen LogP contribution is -2.15. The Bertz CT molecular complexity index is 1130. The van der Waals surface area contributed by atoms with Crippen LogP contribution in [-0.4, -0.2) is 35.8 Å². The number of carbonyl (C=O) groups excluding carboxylic acids is 1. The summed E-state index contributed by atoms with van der Waals surface area (Å²) in [5, 5.41) is 9.71. The minimum absolute atomic E-state index is 0.204. The molecule has 0 amide bonds. The van der Waals surface area contributed by atoms with Crippen LogP contribution in [0.1, 0.15) is 36.4 Å². The predicted molar refractivity (Wildman–Crippen MR) is 119 cm³/mol. The molecule has 0 aliphatic heterocycles. The van der Waals surface area contributed by atoms with Gasteiger partial charge in [0, 0.05) is 0 Å². The maximum absolute atomic E-state index is 11.6. The molecule has 7 nitrogen and oxygen atoms in total. The molecule has 0 fully saturated rings. The molecule has 3 rings (SSSR count). The Morgan fingerprint density at radius 2 is 1.87 bits per heavy atom. The molecule has 1 aromatic heterocycles. The van der Waals surface area contributed by atoms with Gasteiger partial charge in [0.05, 0.1) is 29.8 Å². The number of ether oxygens (including phenoxy) is 3. The first-order valence-electron chi connectivity index (χ1n) is 10.1. The van der Waals surface area contributed by atoms with E-state index < -0.39 is 5.97 Å². The molecule has 0 bridgehead atoms. The number of imidazole rings is 1. The lowest BCUT2D eigenvalue weighted by molar-refractivity contribution is -0.145. The lowest BCUT2D eigenvalue weighted by atomic mass is 10.1. The van der Waals surface area contributed by atoms with Crippen molar-refractivity contribution in [3.05, 3.63) is 52.8 Å². The van der Waals surface area contributed by atoms with Gasteiger partial charge < -0.3 is 19.2 Å². The summed E-state index contributed by atoms with van der Waals surface area (Å²) in [6, 6.07) is 11.5. The number of hydrogen-bond donors (Lipinski definition) is 1. The van der Waals surface area contributed by atoms with Crippen LogP contribution in [0.5, 0.6) is 11.5 Å². The van der Waals surface area contributed by atoms with Gasteiger partial charge in [-0.05, 0) is 74.7 Å². The van der Waals surface area contributed by atoms with E-state index in [-0.39, 0.29) is 6.61 Å². The number of carbonyl (C=O) groups is 1. The van der Waals surface area contributed by atoms with Crippen molar-refractivity contribution in [2.45, 2.75) is 27.7 Å². The smallest absolute Gasteiger partial charge is 0.344 e. The molecule has 0 unspecified atom stereocenters. The molecule has 31 heavy (non-hydrogen) atoms. The summed E-state index contributed by atoms with van der Waals surface area (Å²) in [4.78, 5) is 19.4. The Kier molecular flexibility index (Phi) is 6.93. The van der Waals surface area contributed by atoms with E-state index in [4.69, 9.17) is 14.2 Å². The summed E-state index contributed by atoms with van der Waals surface area (Å²) in [6.07, 6.45) is 1.73. The first kappa shape index (κ1) is 21.9. The molecule has 7 heteroatoms. The van der Waals surface area contributed by atoms with Crippen molar-refractivity contribution in [2.24, 2.45) is 0 Å². The number of fused-ring (bicyclic) bond motifs is 1. The SMILES string of the molecule is CCOC(=O)COc1ccc(C=C(C#N)c2nc3cc(C)c(C)cc3[nH]2)cc1OCC. The predicted octanol–water partition coefficient (Wildman–Crippen LogP) is 4.58. The second-order valence-corrected chi connectivity index (χ2v) is 6.94. The Morgan fingerprint density at radius 3 is 2.58 bits per heavy atom. The molecular weight excluding hydrogens is 394 g/mol. The van der Waals surface area contributed by atoms with Crippen LogP contribution < -0.4 is 9.47 Å². The van der Waals surface area contributed by atoms with Gasteiger partial charge >= 0.3 is 5.97 Å². The van der Waals surface area contributed by atoms with E-state index in [2.05, 4.69) is 16.0 Å². The molecule has 0 aliphatic rings. The molecule has 2 aromatic carbocycles. The van der Waals surface area contributed by atoms with Crippen LogP contribution in [0, 0.1) is 25.2 Å². The van der Waals surface area contributed by atoms with Crippen molar-refractivity contribution in [3.8, 4) is 17.6 Å². The molecule has 0 saturated heterocycles. The molecule has 0 aliphatic carbocycles. The number of esters is 1. The van der Waals surface area contributed by atoms with Crippen molar-refractivity contribution in [1.29, 1.82) is 5.26 Å². The molecule has 0 radical (unpaired) electrons. The average Bonchev–Trinajstić information content (AvgIpc) is 3.14. The van der Waals surface area contributed by atoms with Gasteiger partial charge in [-0.3, -0.25) is 0 Å². The van der Waals surface area contributed by atoms with Crippen molar-refractivity contribution in [2.75, 3.05) is 19.8 Å². The monoisotopic (exact) mass is 419 g/mol. The highest BCUT2D eigenvalue weighted by Crippen LogP contribution is 2.30. The quantitative estimate of drug-likeness (QED) is 0.424. The average molecular weight is 419 g/mol. The van der Waals surface area contributed by atoms with Gasteiger partial charge in [-0.2, -0.15) is 5.26 Å². The van der Waals surface area contributed by atoms with Gasteiger partial charge in [0.15, 0.2) is 18.1 Å². The molecule has 1 N–H and O–H groups in total. The van der Waals surface area contributed by atoms with Crippen LogP contribution in [0.15, 0.2) is 30.3 Å². The van der Waals surface area contributed by atoms with E-state index in [1.54, 1.807) is 31.2 Å². The fourth-order valence-corrected chi connectivity index (χ4v) is 3.06. The maximum Gasteiger partial charge on any atom is 0.344 e. The zero-order valence-electron chi connectivity index (χ0n) is 18.1. The van der Waals surface area contributed by atoms with E-state index in [1.165, 1.54) is 0 Å². The summed E-state index contributed by atoms with van der Waals surface area (Å²) < 4.78 is 16.1. The number of rotatable bonds is 8. The highest BCUT2D eigenvalue weighted by molar-refractivity contribution is 5.90. The third-order valence-corrected chi connectivity index (χ3v) is 4.70. The number of aryl methyl sites for hydroxylation is 2. The second-order valence-electron chi connectivity index (χ2n) is 6.94. The van der Waals surface area contributed by atoms with Gasteiger partial charge in [0.1, 0.15) is 11.9 Å². The highest BCUT2D eigenvalue weighted by Gasteiger charge is 2.12. The topological polar surface area (TPSA) is 97.2 Å². The van der Waals surface area contributed by atoms with Crippen LogP contribution in [0.3, 0.4) is 0 Å². The van der Waals surface area contributed by atoms with E-state index in [0.717, 1.165) is 27.7 Å². The number of benzene rings is 2. The van der Waals surface area contributed by atoms with E-state index in [1.807, 2.05) is 32.9 Å². The Morgan fingerprint density at radius 1 is 1.10 bits per heavy atom. The van der Waals surface area contributed by atoms with Crippen molar-refractivity contribution in [3.63, 3.8) is 0 Å². The number of hydrogen-bond acceptors (Lipinski definition) is 6. The fraction of sp³-hybridized carbons (Fsp3) is 0.292. The van der Waals surface area contributed by atoms with E-state index >= 15 is 0 Å². The number of nitrogens with one attached hydrogen (secondary N) is 1. The highest BCUT2D eigenvalue weighted by atomic mass is 16.6.